The molecule has 0 bridgehead atoms. The van der Waals surface area contributed by atoms with Crippen molar-refractivity contribution in [3.8, 4) is 34.0 Å². The first-order valence-corrected chi connectivity index (χ1v) is 10.6. The number of halogens is 1. The average molecular weight is 437 g/mol. The number of rotatable bonds is 3. The largest absolute Gasteiger partial charge is 0.337 e. The Morgan fingerprint density at radius 3 is 2.64 bits per heavy atom. The van der Waals surface area contributed by atoms with Crippen molar-refractivity contribution in [1.82, 2.24) is 34.7 Å². The summed E-state index contributed by atoms with van der Waals surface area (Å²) in [5.74, 6) is 1.29. The van der Waals surface area contributed by atoms with E-state index in [2.05, 4.69) is 25.1 Å². The molecular formula is C25H20FN7. The van der Waals surface area contributed by atoms with Crippen LogP contribution in [0.4, 0.5) is 4.39 Å². The first-order chi connectivity index (χ1) is 16.0. The Labute approximate surface area is 188 Å². The van der Waals surface area contributed by atoms with Gasteiger partial charge in [0.1, 0.15) is 17.3 Å². The maximum Gasteiger partial charge on any atom is 0.159 e. The standard InChI is InChI=1S/C25H20FN7/c1-13-7-15(9-16(26)8-13)17-5-4-6-19-23(17)30-25(29-19)24-18-10-20(28-11-21(18)31-32-24)22-12-27-14(2)33(22)3/h4-12H,1-3H3,(H,29,30)(H,31,32). The molecule has 0 saturated heterocycles. The van der Waals surface area contributed by atoms with Crippen molar-refractivity contribution in [2.24, 2.45) is 7.05 Å². The minimum atomic E-state index is -0.263. The Morgan fingerprint density at radius 1 is 0.970 bits per heavy atom. The number of hydrogen-bond acceptors (Lipinski definition) is 4. The van der Waals surface area contributed by atoms with Crippen molar-refractivity contribution in [2.45, 2.75) is 13.8 Å². The van der Waals surface area contributed by atoms with Gasteiger partial charge >= 0.3 is 0 Å². The smallest absolute Gasteiger partial charge is 0.159 e. The van der Waals surface area contributed by atoms with Gasteiger partial charge in [-0.05, 0) is 49.2 Å². The summed E-state index contributed by atoms with van der Waals surface area (Å²) >= 11 is 0. The quantitative estimate of drug-likeness (QED) is 0.392. The molecule has 33 heavy (non-hydrogen) atoms. The number of benzene rings is 2. The number of para-hydroxylation sites is 1. The van der Waals surface area contributed by atoms with Gasteiger partial charge in [0.15, 0.2) is 5.82 Å². The number of aromatic amines is 2. The van der Waals surface area contributed by atoms with Gasteiger partial charge in [0.25, 0.3) is 0 Å². The lowest BCUT2D eigenvalue weighted by atomic mass is 10.0. The van der Waals surface area contributed by atoms with E-state index in [1.807, 2.05) is 62.0 Å². The van der Waals surface area contributed by atoms with Crippen molar-refractivity contribution in [2.75, 3.05) is 0 Å². The lowest BCUT2D eigenvalue weighted by Gasteiger charge is -2.04. The number of fused-ring (bicyclic) bond motifs is 2. The lowest BCUT2D eigenvalue weighted by Crippen LogP contribution is -1.95. The molecule has 0 atom stereocenters. The number of pyridine rings is 1. The summed E-state index contributed by atoms with van der Waals surface area (Å²) in [5, 5.41) is 8.46. The second kappa shape index (κ2) is 7.09. The number of aryl methyl sites for hydroxylation is 2. The maximum absolute atomic E-state index is 14.1. The number of H-pyrrole nitrogens is 2. The first-order valence-electron chi connectivity index (χ1n) is 10.6. The van der Waals surface area contributed by atoms with E-state index in [-0.39, 0.29) is 5.82 Å². The highest BCUT2D eigenvalue weighted by Crippen LogP contribution is 2.33. The lowest BCUT2D eigenvalue weighted by molar-refractivity contribution is 0.627. The van der Waals surface area contributed by atoms with Gasteiger partial charge in [-0.25, -0.2) is 14.4 Å². The SMILES string of the molecule is Cc1cc(F)cc(-c2cccc3[nH]c(-c4n[nH]c5cnc(-c6cnc(C)n6C)cc45)nc23)c1. The molecule has 0 aliphatic rings. The predicted molar refractivity (Wildman–Crippen MR) is 126 cm³/mol. The molecule has 7 nitrogen and oxygen atoms in total. The molecule has 0 spiro atoms. The Kier molecular flexibility index (Phi) is 4.16. The topological polar surface area (TPSA) is 88.1 Å². The average Bonchev–Trinajstić information content (AvgIpc) is 3.49. The van der Waals surface area contributed by atoms with Gasteiger partial charge in [0.05, 0.1) is 40.3 Å². The molecule has 162 valence electrons. The van der Waals surface area contributed by atoms with Crippen LogP contribution >= 0.6 is 0 Å². The Morgan fingerprint density at radius 2 is 1.85 bits per heavy atom. The van der Waals surface area contributed by atoms with Crippen molar-refractivity contribution in [3.05, 3.63) is 72.1 Å². The van der Waals surface area contributed by atoms with Crippen LogP contribution in [0.1, 0.15) is 11.4 Å². The summed E-state index contributed by atoms with van der Waals surface area (Å²) in [7, 11) is 1.97. The summed E-state index contributed by atoms with van der Waals surface area (Å²) in [4.78, 5) is 17.2. The molecule has 0 aliphatic heterocycles. The zero-order valence-corrected chi connectivity index (χ0v) is 18.3. The Bertz CT molecular complexity index is 1650. The van der Waals surface area contributed by atoms with E-state index in [0.29, 0.717) is 11.5 Å². The van der Waals surface area contributed by atoms with Crippen LogP contribution in [0.2, 0.25) is 0 Å². The van der Waals surface area contributed by atoms with Crippen molar-refractivity contribution in [1.29, 1.82) is 0 Å². The molecule has 0 saturated carbocycles. The number of nitrogens with zero attached hydrogens (tertiary/aromatic N) is 5. The summed E-state index contributed by atoms with van der Waals surface area (Å²) < 4.78 is 16.1. The van der Waals surface area contributed by atoms with Gasteiger partial charge in [-0.15, -0.1) is 0 Å². The van der Waals surface area contributed by atoms with Crippen molar-refractivity contribution < 1.29 is 4.39 Å². The fraction of sp³-hybridized carbons (Fsp3) is 0.120. The van der Waals surface area contributed by atoms with Gasteiger partial charge < -0.3 is 9.55 Å². The van der Waals surface area contributed by atoms with Crippen LogP contribution in [0.25, 0.3) is 56.0 Å². The van der Waals surface area contributed by atoms with Crippen LogP contribution < -0.4 is 0 Å². The third kappa shape index (κ3) is 3.10. The summed E-state index contributed by atoms with van der Waals surface area (Å²) in [6.07, 6.45) is 3.59. The van der Waals surface area contributed by atoms with E-state index in [0.717, 1.165) is 55.8 Å². The number of hydrogen-bond donors (Lipinski definition) is 2. The highest BCUT2D eigenvalue weighted by Gasteiger charge is 2.17. The highest BCUT2D eigenvalue weighted by molar-refractivity contribution is 5.97. The molecule has 4 aromatic heterocycles. The normalized spacial score (nSPS) is 11.6. The Balaban J connectivity index is 1.52. The van der Waals surface area contributed by atoms with Crippen molar-refractivity contribution in [3.63, 3.8) is 0 Å². The van der Waals surface area contributed by atoms with E-state index >= 15 is 0 Å². The summed E-state index contributed by atoms with van der Waals surface area (Å²) in [5.41, 5.74) is 7.39. The van der Waals surface area contributed by atoms with Gasteiger partial charge in [-0.2, -0.15) is 5.10 Å². The van der Waals surface area contributed by atoms with Gasteiger partial charge in [0, 0.05) is 18.0 Å². The van der Waals surface area contributed by atoms with E-state index in [4.69, 9.17) is 4.98 Å². The fourth-order valence-corrected chi connectivity index (χ4v) is 4.25. The summed E-state index contributed by atoms with van der Waals surface area (Å²) in [6, 6.07) is 12.9. The minimum absolute atomic E-state index is 0.263. The highest BCUT2D eigenvalue weighted by atomic mass is 19.1. The van der Waals surface area contributed by atoms with Gasteiger partial charge in [0.2, 0.25) is 0 Å². The first kappa shape index (κ1) is 19.4. The molecule has 2 aromatic carbocycles. The van der Waals surface area contributed by atoms with E-state index < -0.39 is 0 Å². The van der Waals surface area contributed by atoms with Crippen molar-refractivity contribution >= 4 is 21.9 Å². The molecule has 6 rings (SSSR count). The van der Waals surface area contributed by atoms with Crippen LogP contribution in [0.15, 0.2) is 54.9 Å². The molecule has 0 fully saturated rings. The molecule has 8 heteroatoms. The molecule has 2 N–H and O–H groups in total. The fourth-order valence-electron chi connectivity index (χ4n) is 4.25. The Hall–Kier alpha value is -4.33. The minimum Gasteiger partial charge on any atom is -0.337 e. The van der Waals surface area contributed by atoms with Gasteiger partial charge in [-0.3, -0.25) is 10.1 Å². The van der Waals surface area contributed by atoms with Crippen LogP contribution in [0.3, 0.4) is 0 Å². The zero-order valence-electron chi connectivity index (χ0n) is 18.3. The zero-order chi connectivity index (χ0) is 22.7. The molecule has 0 amide bonds. The molecule has 4 heterocycles. The number of aromatic nitrogens is 7. The van der Waals surface area contributed by atoms with E-state index in [1.165, 1.54) is 12.1 Å². The molecule has 0 radical (unpaired) electrons. The summed E-state index contributed by atoms with van der Waals surface area (Å²) in [6.45, 7) is 3.84. The number of nitrogens with one attached hydrogen (secondary N) is 2. The predicted octanol–water partition coefficient (Wildman–Crippen LogP) is 5.32. The van der Waals surface area contributed by atoms with Crippen LogP contribution in [-0.2, 0) is 7.05 Å². The van der Waals surface area contributed by atoms with Crippen LogP contribution in [-0.4, -0.2) is 34.7 Å². The second-order valence-electron chi connectivity index (χ2n) is 8.24. The number of imidazole rings is 2. The third-order valence-electron chi connectivity index (χ3n) is 6.02. The molecule has 0 aliphatic carbocycles. The van der Waals surface area contributed by atoms with Crippen LogP contribution in [0.5, 0.6) is 0 Å². The van der Waals surface area contributed by atoms with Crippen LogP contribution in [0, 0.1) is 19.7 Å². The second-order valence-corrected chi connectivity index (χ2v) is 8.24. The molecule has 6 aromatic rings. The molecular weight excluding hydrogens is 417 g/mol. The van der Waals surface area contributed by atoms with Gasteiger partial charge in [-0.1, -0.05) is 18.2 Å². The maximum atomic E-state index is 14.1. The van der Waals surface area contributed by atoms with E-state index in [1.54, 1.807) is 6.20 Å². The molecule has 0 unspecified atom stereocenters. The third-order valence-corrected chi connectivity index (χ3v) is 6.02. The monoisotopic (exact) mass is 437 g/mol. The van der Waals surface area contributed by atoms with E-state index in [9.17, 15) is 4.39 Å².